The molecule has 0 aliphatic carbocycles. The van der Waals surface area contributed by atoms with E-state index in [-0.39, 0.29) is 27.5 Å². The van der Waals surface area contributed by atoms with Gasteiger partial charge in [0.1, 0.15) is 17.3 Å². The number of ketones is 1. The largest absolute Gasteiger partial charge is 0.383 e. The zero-order valence-electron chi connectivity index (χ0n) is 19.0. The standard InChI is InChI=1S/C25H19N7O3S/c1-15-29-19-10-9-16(12-20(19)30-15)31-25(26)18(14-28-31)24(33)23-13-21-22(8-5-11-27-21)32(23)36(34,35)17-6-3-2-4-7-17/h2-14H,26H2,1H3,(H,29,30). The summed E-state index contributed by atoms with van der Waals surface area (Å²) in [6.45, 7) is 1.86. The SMILES string of the molecule is Cc1nc2cc(-n3ncc(C(=O)c4cc5ncccc5n4S(=O)(=O)c4ccccc4)c3N)ccc2[nH]1. The van der Waals surface area contributed by atoms with Gasteiger partial charge in [-0.1, -0.05) is 18.2 Å². The van der Waals surface area contributed by atoms with Gasteiger partial charge in [-0.3, -0.25) is 9.78 Å². The minimum absolute atomic E-state index is 0.0478. The van der Waals surface area contributed by atoms with E-state index < -0.39 is 15.8 Å². The Hall–Kier alpha value is -4.77. The number of hydrogen-bond acceptors (Lipinski definition) is 7. The van der Waals surface area contributed by atoms with E-state index in [1.807, 2.05) is 13.0 Å². The van der Waals surface area contributed by atoms with Gasteiger partial charge in [0.2, 0.25) is 5.78 Å². The fraction of sp³-hybridized carbons (Fsp3) is 0.0400. The van der Waals surface area contributed by atoms with Crippen molar-refractivity contribution in [2.45, 2.75) is 11.8 Å². The van der Waals surface area contributed by atoms with Gasteiger partial charge in [-0.2, -0.15) is 5.10 Å². The number of hydrogen-bond donors (Lipinski definition) is 2. The average Bonchev–Trinajstić information content (AvgIpc) is 3.57. The van der Waals surface area contributed by atoms with E-state index in [1.165, 1.54) is 35.3 Å². The average molecular weight is 498 g/mol. The number of aromatic amines is 1. The molecule has 0 unspecified atom stereocenters. The van der Waals surface area contributed by atoms with Gasteiger partial charge in [-0.25, -0.2) is 22.1 Å². The van der Waals surface area contributed by atoms with Crippen molar-refractivity contribution in [3.63, 3.8) is 0 Å². The van der Waals surface area contributed by atoms with E-state index >= 15 is 0 Å². The Balaban J connectivity index is 1.50. The predicted molar refractivity (Wildman–Crippen MR) is 135 cm³/mol. The number of H-pyrrole nitrogens is 1. The van der Waals surface area contributed by atoms with Crippen molar-refractivity contribution in [2.75, 3.05) is 5.73 Å². The number of aryl methyl sites for hydroxylation is 1. The van der Waals surface area contributed by atoms with Crippen LogP contribution in [0.5, 0.6) is 0 Å². The smallest absolute Gasteiger partial charge is 0.268 e. The number of benzene rings is 2. The van der Waals surface area contributed by atoms with E-state index in [0.717, 1.165) is 20.8 Å². The number of imidazole rings is 1. The molecule has 3 N–H and O–H groups in total. The Bertz CT molecular complexity index is 1900. The van der Waals surface area contributed by atoms with Crippen LogP contribution in [-0.2, 0) is 10.0 Å². The summed E-state index contributed by atoms with van der Waals surface area (Å²) in [6.07, 6.45) is 2.87. The van der Waals surface area contributed by atoms with Gasteiger partial charge in [0.05, 0.1) is 44.4 Å². The van der Waals surface area contributed by atoms with Gasteiger partial charge >= 0.3 is 0 Å². The highest BCUT2D eigenvalue weighted by atomic mass is 32.2. The van der Waals surface area contributed by atoms with Crippen LogP contribution in [0.15, 0.2) is 84.0 Å². The molecule has 2 aromatic carbocycles. The van der Waals surface area contributed by atoms with Crippen LogP contribution in [0.25, 0.3) is 27.8 Å². The molecule has 0 saturated carbocycles. The molecular formula is C25H19N7O3S. The number of carbonyl (C=O) groups excluding carboxylic acids is 1. The molecule has 0 radical (unpaired) electrons. The van der Waals surface area contributed by atoms with Crippen molar-refractivity contribution in [2.24, 2.45) is 0 Å². The maximum atomic E-state index is 13.7. The molecule has 0 bridgehead atoms. The molecular weight excluding hydrogens is 478 g/mol. The van der Waals surface area contributed by atoms with Crippen LogP contribution < -0.4 is 5.73 Å². The topological polar surface area (TPSA) is 142 Å². The van der Waals surface area contributed by atoms with Gasteiger partial charge in [-0.15, -0.1) is 0 Å². The lowest BCUT2D eigenvalue weighted by Gasteiger charge is -2.11. The lowest BCUT2D eigenvalue weighted by atomic mass is 10.1. The highest BCUT2D eigenvalue weighted by Gasteiger charge is 2.29. The molecule has 178 valence electrons. The monoisotopic (exact) mass is 497 g/mol. The number of carbonyl (C=O) groups is 1. The molecule has 0 fully saturated rings. The molecule has 11 heteroatoms. The van der Waals surface area contributed by atoms with Crippen LogP contribution in [-0.4, -0.2) is 42.9 Å². The van der Waals surface area contributed by atoms with E-state index in [2.05, 4.69) is 20.1 Å². The van der Waals surface area contributed by atoms with Crippen molar-refractivity contribution in [3.05, 3.63) is 96.2 Å². The van der Waals surface area contributed by atoms with E-state index in [9.17, 15) is 13.2 Å². The maximum absolute atomic E-state index is 13.7. The van der Waals surface area contributed by atoms with Gasteiger partial charge in [0, 0.05) is 6.20 Å². The number of aromatic nitrogens is 6. The van der Waals surface area contributed by atoms with E-state index in [0.29, 0.717) is 11.2 Å². The molecule has 0 aliphatic rings. The summed E-state index contributed by atoms with van der Waals surface area (Å²) in [5.41, 5.74) is 9.21. The molecule has 10 nitrogen and oxygen atoms in total. The second-order valence-corrected chi connectivity index (χ2v) is 10.0. The second-order valence-electron chi connectivity index (χ2n) is 8.23. The molecule has 6 rings (SSSR count). The molecule has 0 amide bonds. The Morgan fingerprint density at radius 1 is 1.00 bits per heavy atom. The minimum Gasteiger partial charge on any atom is -0.383 e. The number of rotatable bonds is 5. The van der Waals surface area contributed by atoms with Crippen LogP contribution in [0.4, 0.5) is 5.82 Å². The highest BCUT2D eigenvalue weighted by Crippen LogP contribution is 2.28. The molecule has 4 heterocycles. The van der Waals surface area contributed by atoms with Crippen molar-refractivity contribution < 1.29 is 13.2 Å². The summed E-state index contributed by atoms with van der Waals surface area (Å²) in [6, 6.07) is 18.1. The summed E-state index contributed by atoms with van der Waals surface area (Å²) in [7, 11) is -4.11. The highest BCUT2D eigenvalue weighted by molar-refractivity contribution is 7.90. The summed E-state index contributed by atoms with van der Waals surface area (Å²) >= 11 is 0. The van der Waals surface area contributed by atoms with Gasteiger partial charge < -0.3 is 10.7 Å². The number of nitrogens with two attached hydrogens (primary N) is 1. The molecule has 36 heavy (non-hydrogen) atoms. The second kappa shape index (κ2) is 7.89. The third-order valence-corrected chi connectivity index (χ3v) is 7.66. The number of pyridine rings is 1. The molecule has 0 atom stereocenters. The van der Waals surface area contributed by atoms with Crippen molar-refractivity contribution in [3.8, 4) is 5.69 Å². The van der Waals surface area contributed by atoms with Crippen molar-refractivity contribution >= 4 is 43.7 Å². The number of nitrogens with zero attached hydrogens (tertiary/aromatic N) is 5. The number of nitrogens with one attached hydrogen (secondary N) is 1. The fourth-order valence-corrected chi connectivity index (χ4v) is 5.77. The van der Waals surface area contributed by atoms with Crippen LogP contribution in [0.1, 0.15) is 21.9 Å². The molecule has 0 saturated heterocycles. The zero-order chi connectivity index (χ0) is 25.0. The van der Waals surface area contributed by atoms with Crippen LogP contribution in [0.2, 0.25) is 0 Å². The summed E-state index contributed by atoms with van der Waals surface area (Å²) in [5.74, 6) is 0.258. The van der Waals surface area contributed by atoms with Gasteiger partial charge in [0.25, 0.3) is 10.0 Å². The van der Waals surface area contributed by atoms with E-state index in [1.54, 1.807) is 42.5 Å². The lowest BCUT2D eigenvalue weighted by Crippen LogP contribution is -2.19. The minimum atomic E-state index is -4.11. The third-order valence-electron chi connectivity index (χ3n) is 5.92. The summed E-state index contributed by atoms with van der Waals surface area (Å²) in [4.78, 5) is 25.6. The lowest BCUT2D eigenvalue weighted by molar-refractivity contribution is 0.103. The molecule has 0 aliphatic heterocycles. The van der Waals surface area contributed by atoms with Gasteiger partial charge in [-0.05, 0) is 55.5 Å². The number of anilines is 1. The van der Waals surface area contributed by atoms with Crippen LogP contribution in [0.3, 0.4) is 0 Å². The van der Waals surface area contributed by atoms with Crippen molar-refractivity contribution in [1.29, 1.82) is 0 Å². The first kappa shape index (κ1) is 21.7. The van der Waals surface area contributed by atoms with Crippen LogP contribution in [0, 0.1) is 6.92 Å². The first-order chi connectivity index (χ1) is 17.3. The first-order valence-corrected chi connectivity index (χ1v) is 12.4. The fourth-order valence-electron chi connectivity index (χ4n) is 4.25. The predicted octanol–water partition coefficient (Wildman–Crippen LogP) is 3.46. The Kier molecular flexibility index (Phi) is 4.76. The Labute approximate surface area is 205 Å². The quantitative estimate of drug-likeness (QED) is 0.347. The Morgan fingerprint density at radius 2 is 1.81 bits per heavy atom. The maximum Gasteiger partial charge on any atom is 0.268 e. The molecule has 4 aromatic heterocycles. The van der Waals surface area contributed by atoms with Crippen LogP contribution >= 0.6 is 0 Å². The summed E-state index contributed by atoms with van der Waals surface area (Å²) < 4.78 is 29.7. The zero-order valence-corrected chi connectivity index (χ0v) is 19.8. The van der Waals surface area contributed by atoms with E-state index in [4.69, 9.17) is 5.73 Å². The Morgan fingerprint density at radius 3 is 2.61 bits per heavy atom. The number of fused-ring (bicyclic) bond motifs is 2. The normalized spacial score (nSPS) is 11.9. The first-order valence-electron chi connectivity index (χ1n) is 11.0. The third kappa shape index (κ3) is 3.28. The number of nitrogen functional groups attached to an aromatic ring is 1. The van der Waals surface area contributed by atoms with Crippen molar-refractivity contribution in [1.82, 2.24) is 28.7 Å². The molecule has 6 aromatic rings. The summed E-state index contributed by atoms with van der Waals surface area (Å²) in [5, 5.41) is 4.31. The molecule has 0 spiro atoms. The van der Waals surface area contributed by atoms with Gasteiger partial charge in [0.15, 0.2) is 0 Å².